The molecule has 2 aromatic rings. The van der Waals surface area contributed by atoms with Crippen LogP contribution in [0.3, 0.4) is 0 Å². The molecule has 2 saturated heterocycles. The van der Waals surface area contributed by atoms with Crippen LogP contribution in [0, 0.1) is 0 Å². The third kappa shape index (κ3) is 4.89. The van der Waals surface area contributed by atoms with E-state index in [1.807, 2.05) is 24.3 Å². The van der Waals surface area contributed by atoms with E-state index in [4.69, 9.17) is 0 Å². The smallest absolute Gasteiger partial charge is 0.255 e. The maximum atomic E-state index is 13.0. The zero-order chi connectivity index (χ0) is 23.5. The van der Waals surface area contributed by atoms with E-state index in [0.717, 1.165) is 43.9 Å². The van der Waals surface area contributed by atoms with E-state index in [-0.39, 0.29) is 24.1 Å². The van der Waals surface area contributed by atoms with Gasteiger partial charge in [-0.1, -0.05) is 42.5 Å². The van der Waals surface area contributed by atoms with E-state index in [2.05, 4.69) is 45.1 Å². The quantitative estimate of drug-likeness (QED) is 0.533. The number of piperidine rings is 1. The van der Waals surface area contributed by atoms with E-state index in [0.29, 0.717) is 31.1 Å². The Hall–Kier alpha value is -3.07. The van der Waals surface area contributed by atoms with E-state index in [1.54, 1.807) is 4.90 Å². The van der Waals surface area contributed by atoms with Crippen LogP contribution in [-0.4, -0.2) is 65.8 Å². The number of benzene rings is 2. The van der Waals surface area contributed by atoms with Gasteiger partial charge in [0.15, 0.2) is 0 Å². The maximum Gasteiger partial charge on any atom is 0.255 e. The summed E-state index contributed by atoms with van der Waals surface area (Å²) in [6, 6.07) is 16.4. The Labute approximate surface area is 199 Å². The van der Waals surface area contributed by atoms with Crippen LogP contribution in [-0.2, 0) is 29.2 Å². The zero-order valence-electron chi connectivity index (χ0n) is 19.3. The normalized spacial score (nSPS) is 23.2. The van der Waals surface area contributed by atoms with Gasteiger partial charge in [0.25, 0.3) is 5.91 Å². The van der Waals surface area contributed by atoms with Gasteiger partial charge in [0.2, 0.25) is 11.8 Å². The third-order valence-electron chi connectivity index (χ3n) is 7.00. The number of piperazine rings is 1. The van der Waals surface area contributed by atoms with Crippen molar-refractivity contribution in [2.45, 2.75) is 44.6 Å². The molecule has 2 atom stereocenters. The molecule has 3 heterocycles. The molecule has 0 aliphatic carbocycles. The summed E-state index contributed by atoms with van der Waals surface area (Å²) in [4.78, 5) is 40.9. The van der Waals surface area contributed by atoms with Gasteiger partial charge in [-0.3, -0.25) is 24.6 Å². The number of hydrogen-bond acceptors (Lipinski definition) is 6. The molecule has 2 unspecified atom stereocenters. The van der Waals surface area contributed by atoms with E-state index in [1.165, 1.54) is 5.56 Å². The lowest BCUT2D eigenvalue weighted by atomic mass is 10.0. The Bertz CT molecular complexity index is 1070. The van der Waals surface area contributed by atoms with Gasteiger partial charge in [-0.15, -0.1) is 0 Å². The molecular weight excluding hydrogens is 430 g/mol. The van der Waals surface area contributed by atoms with Crippen LogP contribution in [0.25, 0.3) is 0 Å². The molecule has 3 N–H and O–H groups in total. The van der Waals surface area contributed by atoms with Gasteiger partial charge < -0.3 is 15.5 Å². The number of imide groups is 1. The predicted molar refractivity (Wildman–Crippen MR) is 128 cm³/mol. The van der Waals surface area contributed by atoms with Gasteiger partial charge >= 0.3 is 0 Å². The molecule has 3 aliphatic heterocycles. The number of amides is 3. The standard InChI is InChI=1S/C26H31N5O3/c32-24-9-8-23(25(33)29-24)31-17-20-7-6-19(12-22(20)26(31)34)13-28-15-21-14-27-10-11-30(21)16-18-4-2-1-3-5-18/h1-7,12,21,23,27-28H,8-11,13-17H2,(H,29,32,33). The summed E-state index contributed by atoms with van der Waals surface area (Å²) in [7, 11) is 0. The van der Waals surface area contributed by atoms with Crippen molar-refractivity contribution in [3.63, 3.8) is 0 Å². The second kappa shape index (κ2) is 10.0. The van der Waals surface area contributed by atoms with E-state index >= 15 is 0 Å². The van der Waals surface area contributed by atoms with Gasteiger partial charge in [0.05, 0.1) is 0 Å². The fourth-order valence-electron chi connectivity index (χ4n) is 5.13. The molecule has 2 fully saturated rings. The van der Waals surface area contributed by atoms with Crippen molar-refractivity contribution < 1.29 is 14.4 Å². The number of nitrogens with zero attached hydrogens (tertiary/aromatic N) is 2. The van der Waals surface area contributed by atoms with Crippen molar-refractivity contribution in [3.8, 4) is 0 Å². The van der Waals surface area contributed by atoms with Crippen LogP contribution < -0.4 is 16.0 Å². The number of nitrogens with one attached hydrogen (secondary N) is 3. The van der Waals surface area contributed by atoms with Crippen molar-refractivity contribution in [1.82, 2.24) is 25.8 Å². The minimum absolute atomic E-state index is 0.128. The number of rotatable bonds is 7. The van der Waals surface area contributed by atoms with Crippen molar-refractivity contribution in [1.29, 1.82) is 0 Å². The fraction of sp³-hybridized carbons (Fsp3) is 0.423. The predicted octanol–water partition coefficient (Wildman–Crippen LogP) is 1.01. The molecule has 178 valence electrons. The number of fused-ring (bicyclic) bond motifs is 1. The van der Waals surface area contributed by atoms with E-state index in [9.17, 15) is 14.4 Å². The van der Waals surface area contributed by atoms with Gasteiger partial charge in [-0.25, -0.2) is 0 Å². The van der Waals surface area contributed by atoms with Crippen LogP contribution in [0.2, 0.25) is 0 Å². The molecule has 0 bridgehead atoms. The maximum absolute atomic E-state index is 13.0. The zero-order valence-corrected chi connectivity index (χ0v) is 19.3. The summed E-state index contributed by atoms with van der Waals surface area (Å²) in [6.07, 6.45) is 0.650. The summed E-state index contributed by atoms with van der Waals surface area (Å²) >= 11 is 0. The molecule has 0 saturated carbocycles. The number of carbonyl (C=O) groups excluding carboxylic acids is 3. The molecule has 0 spiro atoms. The van der Waals surface area contributed by atoms with Crippen molar-refractivity contribution in [2.75, 3.05) is 26.2 Å². The average molecular weight is 462 g/mol. The second-order valence-corrected chi connectivity index (χ2v) is 9.34. The van der Waals surface area contributed by atoms with Gasteiger partial charge in [-0.2, -0.15) is 0 Å². The molecule has 0 aromatic heterocycles. The Balaban J connectivity index is 1.18. The highest BCUT2D eigenvalue weighted by atomic mass is 16.2. The lowest BCUT2D eigenvalue weighted by Gasteiger charge is -2.36. The first kappa shape index (κ1) is 22.7. The highest BCUT2D eigenvalue weighted by molar-refractivity contribution is 6.05. The monoisotopic (exact) mass is 461 g/mol. The third-order valence-corrected chi connectivity index (χ3v) is 7.00. The fourth-order valence-corrected chi connectivity index (χ4v) is 5.13. The first-order chi connectivity index (χ1) is 16.6. The first-order valence-electron chi connectivity index (χ1n) is 12.0. The van der Waals surface area contributed by atoms with Crippen molar-refractivity contribution >= 4 is 17.7 Å². The highest BCUT2D eigenvalue weighted by Crippen LogP contribution is 2.28. The molecule has 5 rings (SSSR count). The van der Waals surface area contributed by atoms with E-state index < -0.39 is 6.04 Å². The molecule has 0 radical (unpaired) electrons. The van der Waals surface area contributed by atoms with Gasteiger partial charge in [0.1, 0.15) is 6.04 Å². The summed E-state index contributed by atoms with van der Waals surface area (Å²) in [5.41, 5.74) is 3.97. The average Bonchev–Trinajstić information content (AvgIpc) is 3.16. The highest BCUT2D eigenvalue weighted by Gasteiger charge is 2.39. The van der Waals surface area contributed by atoms with Crippen LogP contribution in [0.1, 0.15) is 39.9 Å². The molecule has 34 heavy (non-hydrogen) atoms. The Morgan fingerprint density at radius 2 is 1.88 bits per heavy atom. The summed E-state index contributed by atoms with van der Waals surface area (Å²) in [5, 5.41) is 9.42. The van der Waals surface area contributed by atoms with Crippen LogP contribution in [0.5, 0.6) is 0 Å². The SMILES string of the molecule is O=C1CCC(N2Cc3ccc(CNCC4CNCCN4Cc4ccccc4)cc3C2=O)C(=O)N1. The Kier molecular flexibility index (Phi) is 6.71. The van der Waals surface area contributed by atoms with Gasteiger partial charge in [0, 0.05) is 63.8 Å². The molecule has 3 aliphatic rings. The minimum atomic E-state index is -0.575. The Morgan fingerprint density at radius 3 is 2.71 bits per heavy atom. The van der Waals surface area contributed by atoms with Crippen LogP contribution >= 0.6 is 0 Å². The number of hydrogen-bond donors (Lipinski definition) is 3. The first-order valence-corrected chi connectivity index (χ1v) is 12.0. The topological polar surface area (TPSA) is 93.8 Å². The van der Waals surface area contributed by atoms with Crippen molar-refractivity contribution in [2.24, 2.45) is 0 Å². The molecule has 3 amide bonds. The minimum Gasteiger partial charge on any atom is -0.322 e. The molecule has 2 aromatic carbocycles. The second-order valence-electron chi connectivity index (χ2n) is 9.34. The van der Waals surface area contributed by atoms with Gasteiger partial charge in [-0.05, 0) is 29.2 Å². The summed E-state index contributed by atoms with van der Waals surface area (Å²) in [5.74, 6) is -0.772. The van der Waals surface area contributed by atoms with Crippen molar-refractivity contribution in [3.05, 3.63) is 70.8 Å². The lowest BCUT2D eigenvalue weighted by molar-refractivity contribution is -0.136. The lowest BCUT2D eigenvalue weighted by Crippen LogP contribution is -2.54. The van der Waals surface area contributed by atoms with Crippen LogP contribution in [0.4, 0.5) is 0 Å². The summed E-state index contributed by atoms with van der Waals surface area (Å²) < 4.78 is 0. The molecular formula is C26H31N5O3. The largest absolute Gasteiger partial charge is 0.322 e. The summed E-state index contributed by atoms with van der Waals surface area (Å²) in [6.45, 7) is 5.85. The van der Waals surface area contributed by atoms with Crippen LogP contribution in [0.15, 0.2) is 48.5 Å². The number of carbonyl (C=O) groups is 3. The molecule has 8 nitrogen and oxygen atoms in total. The Morgan fingerprint density at radius 1 is 1.03 bits per heavy atom. The molecule has 8 heteroatoms.